The summed E-state index contributed by atoms with van der Waals surface area (Å²) < 4.78 is 6.47. The van der Waals surface area contributed by atoms with Crippen LogP contribution in [0, 0.1) is 6.92 Å². The Labute approximate surface area is 98.6 Å². The minimum Gasteiger partial charge on any atom is -0.465 e. The fraction of sp³-hybridized carbons (Fsp3) is 0.364. The predicted molar refractivity (Wildman–Crippen MR) is 62.8 cm³/mol. The van der Waals surface area contributed by atoms with Gasteiger partial charge < -0.3 is 10.1 Å². The van der Waals surface area contributed by atoms with Crippen molar-refractivity contribution in [3.63, 3.8) is 0 Å². The van der Waals surface area contributed by atoms with Crippen LogP contribution >= 0.6 is 0 Å². The monoisotopic (exact) mass is 234 g/mol. The Kier molecular flexibility index (Phi) is 3.22. The summed E-state index contributed by atoms with van der Waals surface area (Å²) in [5.74, 6) is 0.107. The first-order chi connectivity index (χ1) is 8.20. The number of ether oxygens (including phenoxy) is 1. The van der Waals surface area contributed by atoms with E-state index in [1.807, 2.05) is 25.3 Å². The highest BCUT2D eigenvalue weighted by molar-refractivity contribution is 5.74. The van der Waals surface area contributed by atoms with Gasteiger partial charge in [-0.2, -0.15) is 4.98 Å². The van der Waals surface area contributed by atoms with Crippen molar-refractivity contribution in [1.29, 1.82) is 0 Å². The van der Waals surface area contributed by atoms with Gasteiger partial charge in [0.05, 0.1) is 6.61 Å². The van der Waals surface area contributed by atoms with E-state index in [4.69, 9.17) is 4.74 Å². The lowest BCUT2D eigenvalue weighted by molar-refractivity contribution is -0.140. The summed E-state index contributed by atoms with van der Waals surface area (Å²) in [4.78, 5) is 15.4. The van der Waals surface area contributed by atoms with Crippen LogP contribution in [0.1, 0.15) is 12.5 Å². The fourth-order valence-corrected chi connectivity index (χ4v) is 1.48. The van der Waals surface area contributed by atoms with Crippen molar-refractivity contribution in [2.75, 3.05) is 18.5 Å². The van der Waals surface area contributed by atoms with Crippen molar-refractivity contribution in [2.45, 2.75) is 13.8 Å². The van der Waals surface area contributed by atoms with E-state index in [1.54, 1.807) is 11.4 Å². The molecule has 90 valence electrons. The molecule has 0 aliphatic heterocycles. The average molecular weight is 234 g/mol. The third-order valence-electron chi connectivity index (χ3n) is 2.25. The number of nitrogens with zero attached hydrogens (tertiary/aromatic N) is 3. The van der Waals surface area contributed by atoms with E-state index in [1.165, 1.54) is 0 Å². The van der Waals surface area contributed by atoms with Gasteiger partial charge in [-0.1, -0.05) is 6.07 Å². The van der Waals surface area contributed by atoms with E-state index in [-0.39, 0.29) is 12.5 Å². The second-order valence-electron chi connectivity index (χ2n) is 3.55. The third kappa shape index (κ3) is 2.52. The number of aryl methyl sites for hydroxylation is 1. The molecule has 0 saturated heterocycles. The van der Waals surface area contributed by atoms with Gasteiger partial charge in [-0.25, -0.2) is 4.52 Å². The Morgan fingerprint density at radius 3 is 3.12 bits per heavy atom. The quantitative estimate of drug-likeness (QED) is 0.800. The molecule has 0 amide bonds. The van der Waals surface area contributed by atoms with E-state index in [2.05, 4.69) is 15.4 Å². The molecular formula is C11H14N4O2. The van der Waals surface area contributed by atoms with Gasteiger partial charge >= 0.3 is 5.97 Å². The van der Waals surface area contributed by atoms with E-state index in [0.29, 0.717) is 12.6 Å². The molecule has 0 fully saturated rings. The van der Waals surface area contributed by atoms with E-state index in [9.17, 15) is 4.79 Å². The molecule has 6 heteroatoms. The Morgan fingerprint density at radius 2 is 2.41 bits per heavy atom. The topological polar surface area (TPSA) is 68.5 Å². The van der Waals surface area contributed by atoms with Gasteiger partial charge in [-0.15, -0.1) is 5.10 Å². The Hall–Kier alpha value is -2.11. The standard InChI is InChI=1S/C11H14N4O2/c1-3-17-9(16)7-12-11-13-10-8(2)5-4-6-15(10)14-11/h4-6H,3,7H2,1-2H3,(H,12,14). The first kappa shape index (κ1) is 11.4. The summed E-state index contributed by atoms with van der Waals surface area (Å²) in [5, 5.41) is 7.02. The number of pyridine rings is 1. The molecule has 2 heterocycles. The summed E-state index contributed by atoms with van der Waals surface area (Å²) in [5.41, 5.74) is 1.81. The van der Waals surface area contributed by atoms with Crippen molar-refractivity contribution >= 4 is 17.6 Å². The van der Waals surface area contributed by atoms with Crippen LogP contribution in [0.15, 0.2) is 18.3 Å². The first-order valence-electron chi connectivity index (χ1n) is 5.42. The van der Waals surface area contributed by atoms with E-state index < -0.39 is 0 Å². The van der Waals surface area contributed by atoms with Crippen molar-refractivity contribution in [3.05, 3.63) is 23.9 Å². The lowest BCUT2D eigenvalue weighted by atomic mass is 10.3. The van der Waals surface area contributed by atoms with Crippen molar-refractivity contribution < 1.29 is 9.53 Å². The molecule has 17 heavy (non-hydrogen) atoms. The summed E-state index contributed by atoms with van der Waals surface area (Å²) >= 11 is 0. The highest BCUT2D eigenvalue weighted by Crippen LogP contribution is 2.09. The summed E-state index contributed by atoms with van der Waals surface area (Å²) in [6.45, 7) is 4.17. The van der Waals surface area contributed by atoms with E-state index >= 15 is 0 Å². The van der Waals surface area contributed by atoms with E-state index in [0.717, 1.165) is 11.2 Å². The number of esters is 1. The number of anilines is 1. The van der Waals surface area contributed by atoms with Crippen molar-refractivity contribution in [1.82, 2.24) is 14.6 Å². The molecule has 0 aromatic carbocycles. The second-order valence-corrected chi connectivity index (χ2v) is 3.55. The maximum Gasteiger partial charge on any atom is 0.325 e. The molecule has 0 radical (unpaired) electrons. The molecule has 0 saturated carbocycles. The van der Waals surface area contributed by atoms with Crippen molar-refractivity contribution in [2.24, 2.45) is 0 Å². The summed E-state index contributed by atoms with van der Waals surface area (Å²) in [6.07, 6.45) is 1.81. The minimum absolute atomic E-state index is 0.0732. The average Bonchev–Trinajstić information content (AvgIpc) is 2.71. The van der Waals surface area contributed by atoms with Gasteiger partial charge in [0, 0.05) is 6.20 Å². The summed E-state index contributed by atoms with van der Waals surface area (Å²) in [7, 11) is 0. The number of rotatable bonds is 4. The molecule has 0 spiro atoms. The molecule has 2 aromatic heterocycles. The molecule has 2 rings (SSSR count). The zero-order valence-electron chi connectivity index (χ0n) is 9.80. The lowest BCUT2D eigenvalue weighted by Gasteiger charge is -2.00. The second kappa shape index (κ2) is 4.82. The smallest absolute Gasteiger partial charge is 0.325 e. The third-order valence-corrected chi connectivity index (χ3v) is 2.25. The van der Waals surface area contributed by atoms with Crippen molar-refractivity contribution in [3.8, 4) is 0 Å². The first-order valence-corrected chi connectivity index (χ1v) is 5.42. The summed E-state index contributed by atoms with van der Waals surface area (Å²) in [6, 6.07) is 3.85. The highest BCUT2D eigenvalue weighted by Gasteiger charge is 2.07. The van der Waals surface area contributed by atoms with Crippen LogP contribution in [0.5, 0.6) is 0 Å². The molecule has 0 aliphatic rings. The maximum absolute atomic E-state index is 11.2. The maximum atomic E-state index is 11.2. The molecule has 2 aromatic rings. The van der Waals surface area contributed by atoms with Crippen LogP contribution in [0.25, 0.3) is 5.65 Å². The normalized spacial score (nSPS) is 10.5. The number of aromatic nitrogens is 3. The zero-order chi connectivity index (χ0) is 12.3. The number of carbonyl (C=O) groups is 1. The van der Waals surface area contributed by atoms with Crippen LogP contribution in [0.3, 0.4) is 0 Å². The lowest BCUT2D eigenvalue weighted by Crippen LogP contribution is -2.17. The minimum atomic E-state index is -0.317. The number of hydrogen-bond donors (Lipinski definition) is 1. The molecule has 0 atom stereocenters. The Bertz CT molecular complexity index is 535. The molecule has 0 bridgehead atoms. The van der Waals surface area contributed by atoms with Crippen LogP contribution in [-0.4, -0.2) is 33.7 Å². The van der Waals surface area contributed by atoms with Crippen LogP contribution in [-0.2, 0) is 9.53 Å². The van der Waals surface area contributed by atoms with Gasteiger partial charge in [-0.3, -0.25) is 4.79 Å². The van der Waals surface area contributed by atoms with Crippen LogP contribution < -0.4 is 5.32 Å². The molecular weight excluding hydrogens is 220 g/mol. The van der Waals surface area contributed by atoms with Gasteiger partial charge in [0.1, 0.15) is 6.54 Å². The largest absolute Gasteiger partial charge is 0.465 e. The Morgan fingerprint density at radius 1 is 1.59 bits per heavy atom. The van der Waals surface area contributed by atoms with Crippen LogP contribution in [0.4, 0.5) is 5.95 Å². The highest BCUT2D eigenvalue weighted by atomic mass is 16.5. The van der Waals surface area contributed by atoms with Gasteiger partial charge in [0.2, 0.25) is 5.95 Å². The van der Waals surface area contributed by atoms with Crippen LogP contribution in [0.2, 0.25) is 0 Å². The van der Waals surface area contributed by atoms with Gasteiger partial charge in [0.25, 0.3) is 0 Å². The number of nitrogens with one attached hydrogen (secondary N) is 1. The van der Waals surface area contributed by atoms with Gasteiger partial charge in [-0.05, 0) is 25.5 Å². The fourth-order valence-electron chi connectivity index (χ4n) is 1.48. The molecule has 0 aliphatic carbocycles. The predicted octanol–water partition coefficient (Wildman–Crippen LogP) is 1.01. The van der Waals surface area contributed by atoms with Gasteiger partial charge in [0.15, 0.2) is 5.65 Å². The number of fused-ring (bicyclic) bond motifs is 1. The molecule has 1 N–H and O–H groups in total. The number of hydrogen-bond acceptors (Lipinski definition) is 5. The molecule has 0 unspecified atom stereocenters. The molecule has 6 nitrogen and oxygen atoms in total. The SMILES string of the molecule is CCOC(=O)CNc1nc2c(C)cccn2n1. The number of carbonyl (C=O) groups excluding carboxylic acids is 1. The zero-order valence-corrected chi connectivity index (χ0v) is 9.80. The Balaban J connectivity index is 2.10.